The van der Waals surface area contributed by atoms with Crippen LogP contribution in [0.1, 0.15) is 78.3 Å². The number of likely N-dealkylation sites (tertiary alicyclic amines) is 3. The van der Waals surface area contributed by atoms with Gasteiger partial charge in [0.1, 0.15) is 64.1 Å². The number of allylic oxidation sites excluding steroid dienone is 1. The van der Waals surface area contributed by atoms with E-state index in [1.165, 1.54) is 51.7 Å². The molecule has 0 saturated carbocycles. The molecule has 0 radical (unpaired) electrons. The van der Waals surface area contributed by atoms with Crippen LogP contribution in [0.25, 0.3) is 71.3 Å². The molecule has 30 heteroatoms. The van der Waals surface area contributed by atoms with Gasteiger partial charge in [0, 0.05) is 81.1 Å². The van der Waals surface area contributed by atoms with Gasteiger partial charge in [0.05, 0.1) is 94.4 Å². The summed E-state index contributed by atoms with van der Waals surface area (Å²) in [6, 6.07) is 35.8. The molecule has 3 unspecified atom stereocenters. The van der Waals surface area contributed by atoms with Gasteiger partial charge in [-0.05, 0) is 200 Å². The Balaban J connectivity index is 0.000000162. The first-order valence-corrected chi connectivity index (χ1v) is 41.4. The third-order valence-electron chi connectivity index (χ3n) is 21.5. The second kappa shape index (κ2) is 41.0. The summed E-state index contributed by atoms with van der Waals surface area (Å²) in [4.78, 5) is 64.8. The molecule has 126 heavy (non-hydrogen) atoms. The number of halogens is 3. The number of likely N-dealkylation sites (N-methyl/N-ethyl adjacent to an activating group) is 2. The van der Waals surface area contributed by atoms with Crippen molar-refractivity contribution < 1.29 is 70.2 Å². The summed E-state index contributed by atoms with van der Waals surface area (Å²) in [7, 11) is 13.8. The first-order chi connectivity index (χ1) is 60.9. The highest BCUT2D eigenvalue weighted by Crippen LogP contribution is 2.43. The summed E-state index contributed by atoms with van der Waals surface area (Å²) >= 11 is 0. The second-order valence-electron chi connectivity index (χ2n) is 31.9. The molecule has 654 valence electrons. The van der Waals surface area contributed by atoms with Crippen molar-refractivity contribution in [2.75, 3.05) is 116 Å². The number of hydrogen-bond donors (Lipinski definition) is 0. The van der Waals surface area contributed by atoms with Gasteiger partial charge >= 0.3 is 0 Å². The standard InChI is InChI=1S/C33H34FN5O4.C32H34FN5O4.C31H34FN5O4/c1-33(2,3)17-25(35-4)32(40)38-16-8-9-22(38)20-39-31-24(18-36-19-28(31)42-6)30(37-39)21-12-14-23(15-13-21)43-27-11-7-10-26(41-5)29(27)34;1-5-8-29(39)37-16-7-9-23(21-37)38-32-25(19-34-20-28(32)41-18-17-36(2)3)31(35-38)22-12-14-24(15-13-22)42-27-11-6-10-26(40-4)30(27)33;1-5-28(38)36-15-7-8-22(20-36)37-31-24(18-33-19-27(31)40-17-16-35(2)3)30(34-37)21-11-13-23(14-12-21)41-26-10-6-9-25(39-4)29(26)32/h7,10-15,17-19,22H,8-9,16,20H2,1-3,5-6H3;6,10-15,19-20,23H,7,9,16-18,21H2,1-4H3;5-6,9-14,18-19,22H,1,7-8,15-17,20H2,2-4H3/b25-17-;;. The quantitative estimate of drug-likeness (QED) is 0.0264. The highest BCUT2D eigenvalue weighted by molar-refractivity contribution is 5.99. The van der Waals surface area contributed by atoms with E-state index < -0.39 is 17.5 Å². The number of fused-ring (bicyclic) bond motifs is 3. The maximum atomic E-state index is 14.6. The Hall–Kier alpha value is -14.0. The number of aromatic nitrogens is 9. The summed E-state index contributed by atoms with van der Waals surface area (Å²) in [6.45, 7) is 24.7. The zero-order valence-electron chi connectivity index (χ0n) is 72.7. The Kier molecular flexibility index (Phi) is 29.2. The molecule has 0 bridgehead atoms. The van der Waals surface area contributed by atoms with Crippen molar-refractivity contribution in [2.45, 2.75) is 90.9 Å². The van der Waals surface area contributed by atoms with Gasteiger partial charge < -0.3 is 67.1 Å². The van der Waals surface area contributed by atoms with Crippen molar-refractivity contribution in [2.24, 2.45) is 5.41 Å². The van der Waals surface area contributed by atoms with Crippen LogP contribution in [-0.2, 0) is 20.9 Å². The van der Waals surface area contributed by atoms with Crippen molar-refractivity contribution in [3.8, 4) is 115 Å². The molecule has 6 aromatic heterocycles. The SMILES string of the molecule is C=CC(=O)N1CCCC(n2nc(-c3ccc(Oc4cccc(OC)c4F)cc3)c3cncc(OCCN(C)C)c32)C1.CC#CC(=O)N1CCCC(n2nc(-c3ccc(Oc4cccc(OC)c4F)cc3)c3cncc(OCCN(C)C)c32)C1.[C-]#[N+]/C(=C\C(C)(C)C)C(=O)N1CCCC1Cn1nc(-c2ccc(Oc3cccc(OC)c3F)cc2)c2cncc(OC)c21. The summed E-state index contributed by atoms with van der Waals surface area (Å²) < 4.78 is 100. The zero-order chi connectivity index (χ0) is 89.3. The molecule has 0 N–H and O–H groups in total. The minimum atomic E-state index is -0.575. The van der Waals surface area contributed by atoms with E-state index in [9.17, 15) is 27.6 Å². The van der Waals surface area contributed by atoms with Crippen molar-refractivity contribution in [3.05, 3.63) is 218 Å². The molecular formula is C96H102F3N15O12. The van der Waals surface area contributed by atoms with Gasteiger partial charge in [0.25, 0.3) is 11.8 Å². The predicted molar refractivity (Wildman–Crippen MR) is 475 cm³/mol. The van der Waals surface area contributed by atoms with E-state index in [1.807, 2.05) is 104 Å². The molecular weight excluding hydrogens is 1610 g/mol. The lowest BCUT2D eigenvalue weighted by Crippen LogP contribution is -2.40. The number of ether oxygens (including phenoxy) is 9. The smallest absolute Gasteiger partial charge is 0.298 e. The molecule has 9 heterocycles. The molecule has 12 aromatic rings. The van der Waals surface area contributed by atoms with Gasteiger partial charge in [-0.25, -0.2) is 4.85 Å². The number of methoxy groups -OCH3 is 4. The zero-order valence-corrected chi connectivity index (χ0v) is 72.7. The van der Waals surface area contributed by atoms with Crippen LogP contribution in [0.4, 0.5) is 13.2 Å². The van der Waals surface area contributed by atoms with Crippen LogP contribution in [0.5, 0.6) is 69.0 Å². The second-order valence-corrected chi connectivity index (χ2v) is 31.9. The van der Waals surface area contributed by atoms with Gasteiger partial charge in [0.2, 0.25) is 29.1 Å². The van der Waals surface area contributed by atoms with Crippen LogP contribution in [0, 0.1) is 41.3 Å². The minimum Gasteiger partial charge on any atom is -0.494 e. The number of carbonyl (C=O) groups is 3. The van der Waals surface area contributed by atoms with E-state index >= 15 is 0 Å². The number of benzene rings is 6. The fourth-order valence-corrected chi connectivity index (χ4v) is 15.4. The number of amides is 3. The van der Waals surface area contributed by atoms with E-state index in [2.05, 4.69) is 48.0 Å². The lowest BCUT2D eigenvalue weighted by Gasteiger charge is -2.32. The van der Waals surface area contributed by atoms with Crippen LogP contribution in [0.2, 0.25) is 0 Å². The Morgan fingerprint density at radius 1 is 0.524 bits per heavy atom. The topological polar surface area (TPSA) is 247 Å². The van der Waals surface area contributed by atoms with Crippen LogP contribution in [0.15, 0.2) is 189 Å². The summed E-state index contributed by atoms with van der Waals surface area (Å²) in [6.07, 6.45) is 18.6. The highest BCUT2D eigenvalue weighted by Gasteiger charge is 2.35. The largest absolute Gasteiger partial charge is 0.494 e. The van der Waals surface area contributed by atoms with Crippen LogP contribution in [-0.4, -0.2) is 208 Å². The summed E-state index contributed by atoms with van der Waals surface area (Å²) in [5.74, 6) is 6.95. The number of rotatable bonds is 27. The van der Waals surface area contributed by atoms with Gasteiger partial charge in [-0.1, -0.05) is 57.5 Å². The number of nitrogens with zero attached hydrogens (tertiary/aromatic N) is 15. The van der Waals surface area contributed by atoms with E-state index in [1.54, 1.807) is 134 Å². The number of carbonyl (C=O) groups excluding carboxylic acids is 3. The maximum Gasteiger partial charge on any atom is 0.298 e. The molecule has 6 aromatic carbocycles. The molecule has 3 fully saturated rings. The fourth-order valence-electron chi connectivity index (χ4n) is 15.4. The van der Waals surface area contributed by atoms with Gasteiger partial charge in [-0.3, -0.25) is 43.4 Å². The average Bonchev–Trinajstić information content (AvgIpc) is 1.61. The first kappa shape index (κ1) is 89.8. The Morgan fingerprint density at radius 2 is 0.921 bits per heavy atom. The Morgan fingerprint density at radius 3 is 1.33 bits per heavy atom. The Labute approximate surface area is 730 Å². The number of pyridine rings is 3. The molecule has 3 amide bonds. The van der Waals surface area contributed by atoms with Crippen molar-refractivity contribution in [1.29, 1.82) is 0 Å². The molecule has 3 atom stereocenters. The van der Waals surface area contributed by atoms with Gasteiger partial charge in [0.15, 0.2) is 51.7 Å². The normalized spacial score (nSPS) is 15.2. The molecule has 15 rings (SSSR count). The molecule has 3 aliphatic rings. The number of hydrogen-bond acceptors (Lipinski definition) is 20. The average molecular weight is 1710 g/mol. The molecule has 27 nitrogen and oxygen atoms in total. The fraction of sp³-hybridized carbons (Fsp3) is 0.333. The predicted octanol–water partition coefficient (Wildman–Crippen LogP) is 17.4. The van der Waals surface area contributed by atoms with Crippen molar-refractivity contribution in [3.63, 3.8) is 0 Å². The van der Waals surface area contributed by atoms with Gasteiger partial charge in [-0.15, -0.1) is 0 Å². The van der Waals surface area contributed by atoms with Crippen LogP contribution < -0.4 is 42.6 Å². The Bertz CT molecular complexity index is 6030. The van der Waals surface area contributed by atoms with E-state index in [4.69, 9.17) is 64.5 Å². The molecule has 3 saturated heterocycles. The maximum absolute atomic E-state index is 14.6. The monoisotopic (exact) mass is 1710 g/mol. The van der Waals surface area contributed by atoms with Crippen molar-refractivity contribution in [1.82, 2.24) is 68.8 Å². The van der Waals surface area contributed by atoms with Crippen molar-refractivity contribution >= 4 is 50.4 Å². The van der Waals surface area contributed by atoms with E-state index in [-0.39, 0.29) is 81.5 Å². The molecule has 0 aliphatic carbocycles. The third-order valence-corrected chi connectivity index (χ3v) is 21.5. The lowest BCUT2D eigenvalue weighted by atomic mass is 9.95. The van der Waals surface area contributed by atoms with Gasteiger partial charge in [-0.2, -0.15) is 28.5 Å². The highest BCUT2D eigenvalue weighted by atomic mass is 19.1. The third kappa shape index (κ3) is 20.9. The molecule has 0 spiro atoms. The number of piperidine rings is 2. The summed E-state index contributed by atoms with van der Waals surface area (Å²) in [5, 5.41) is 17.6. The van der Waals surface area contributed by atoms with E-state index in [0.717, 1.165) is 112 Å². The molecule has 3 aliphatic heterocycles. The van der Waals surface area contributed by atoms with E-state index in [0.29, 0.717) is 92.7 Å². The van der Waals surface area contributed by atoms with Crippen LogP contribution in [0.3, 0.4) is 0 Å². The van der Waals surface area contributed by atoms with Crippen LogP contribution >= 0.6 is 0 Å². The lowest BCUT2D eigenvalue weighted by molar-refractivity contribution is -0.128. The first-order valence-electron chi connectivity index (χ1n) is 41.4. The minimum absolute atomic E-state index is 0.0406. The summed E-state index contributed by atoms with van der Waals surface area (Å²) in [5.41, 5.74) is 6.92.